The van der Waals surface area contributed by atoms with Crippen molar-refractivity contribution in [3.8, 4) is 0 Å². The van der Waals surface area contributed by atoms with Crippen LogP contribution >= 0.6 is 0 Å². The lowest BCUT2D eigenvalue weighted by molar-refractivity contribution is 0.369. The van der Waals surface area contributed by atoms with Crippen LogP contribution < -0.4 is 0 Å². The van der Waals surface area contributed by atoms with E-state index in [9.17, 15) is 0 Å². The molecular formula is C10H16N. The molecule has 0 aliphatic carbocycles. The van der Waals surface area contributed by atoms with E-state index in [2.05, 4.69) is 37.7 Å². The smallest absolute Gasteiger partial charge is 0.0650 e. The minimum absolute atomic E-state index is 0.579. The van der Waals surface area contributed by atoms with E-state index < -0.39 is 0 Å². The zero-order valence-corrected chi connectivity index (χ0v) is 7.54. The van der Waals surface area contributed by atoms with Gasteiger partial charge in [-0.15, -0.1) is 0 Å². The van der Waals surface area contributed by atoms with E-state index in [0.29, 0.717) is 6.04 Å². The summed E-state index contributed by atoms with van der Waals surface area (Å²) in [5, 5.41) is 0. The zero-order valence-electron chi connectivity index (χ0n) is 7.54. The first-order chi connectivity index (χ1) is 5.25. The largest absolute Gasteiger partial charge is 0.343 e. The summed E-state index contributed by atoms with van der Waals surface area (Å²) in [6, 6.07) is 4.56. The third-order valence-electron chi connectivity index (χ3n) is 2.47. The Bertz CT molecular complexity index is 189. The monoisotopic (exact) mass is 150 g/mol. The number of rotatable bonds is 3. The first-order valence-electron chi connectivity index (χ1n) is 4.30. The molecule has 0 aliphatic heterocycles. The molecule has 1 aromatic heterocycles. The molecule has 0 spiro atoms. The van der Waals surface area contributed by atoms with Crippen LogP contribution in [0.1, 0.15) is 33.2 Å². The van der Waals surface area contributed by atoms with Gasteiger partial charge in [-0.1, -0.05) is 20.3 Å². The summed E-state index contributed by atoms with van der Waals surface area (Å²) in [7, 11) is 0. The molecule has 0 fully saturated rings. The minimum Gasteiger partial charge on any atom is -0.343 e. The molecule has 11 heavy (non-hydrogen) atoms. The van der Waals surface area contributed by atoms with Crippen LogP contribution in [0.2, 0.25) is 0 Å². The van der Waals surface area contributed by atoms with Gasteiger partial charge in [0, 0.05) is 12.2 Å². The van der Waals surface area contributed by atoms with Crippen LogP contribution in [-0.2, 0) is 0 Å². The molecule has 2 atom stereocenters. The normalized spacial score (nSPS) is 16.3. The quantitative estimate of drug-likeness (QED) is 0.624. The van der Waals surface area contributed by atoms with Gasteiger partial charge in [-0.3, -0.25) is 0 Å². The molecular weight excluding hydrogens is 134 g/mol. The molecule has 0 saturated heterocycles. The van der Waals surface area contributed by atoms with E-state index in [1.807, 2.05) is 12.1 Å². The fraction of sp³-hybridized carbons (Fsp3) is 0.600. The fourth-order valence-electron chi connectivity index (χ4n) is 1.18. The molecule has 0 amide bonds. The van der Waals surface area contributed by atoms with Crippen molar-refractivity contribution in [3.05, 3.63) is 24.5 Å². The minimum atomic E-state index is 0.579. The highest BCUT2D eigenvalue weighted by Crippen LogP contribution is 2.19. The Balaban J connectivity index is 2.62. The van der Waals surface area contributed by atoms with Gasteiger partial charge in [0.15, 0.2) is 0 Å². The molecule has 1 nitrogen and oxygen atoms in total. The molecule has 0 saturated carbocycles. The molecule has 1 radical (unpaired) electrons. The summed E-state index contributed by atoms with van der Waals surface area (Å²) in [6.45, 7) is 6.74. The van der Waals surface area contributed by atoms with E-state index in [4.69, 9.17) is 0 Å². The van der Waals surface area contributed by atoms with Gasteiger partial charge in [-0.05, 0) is 25.0 Å². The molecule has 0 bridgehead atoms. The summed E-state index contributed by atoms with van der Waals surface area (Å²) < 4.78 is 2.15. The Labute approximate surface area is 69.0 Å². The Kier molecular flexibility index (Phi) is 2.75. The molecule has 1 heteroatoms. The van der Waals surface area contributed by atoms with E-state index in [-0.39, 0.29) is 0 Å². The third kappa shape index (κ3) is 1.86. The second-order valence-corrected chi connectivity index (χ2v) is 3.17. The fourth-order valence-corrected chi connectivity index (χ4v) is 1.18. The number of nitrogens with zero attached hydrogens (tertiary/aromatic N) is 1. The standard InChI is InChI=1S/C10H16N/c1-4-9(2)10(3)11-7-5-6-8-11/h5-7,9-10H,4H2,1-3H3. The van der Waals surface area contributed by atoms with E-state index in [1.165, 1.54) is 6.42 Å². The Morgan fingerprint density at radius 3 is 2.64 bits per heavy atom. The lowest BCUT2D eigenvalue weighted by atomic mass is 10.0. The van der Waals surface area contributed by atoms with Crippen molar-refractivity contribution in [2.75, 3.05) is 0 Å². The van der Waals surface area contributed by atoms with Crippen molar-refractivity contribution in [3.63, 3.8) is 0 Å². The summed E-state index contributed by atoms with van der Waals surface area (Å²) >= 11 is 0. The maximum Gasteiger partial charge on any atom is 0.0650 e. The van der Waals surface area contributed by atoms with Gasteiger partial charge in [0.25, 0.3) is 0 Å². The summed E-state index contributed by atoms with van der Waals surface area (Å²) in [4.78, 5) is 0. The second kappa shape index (κ2) is 3.61. The van der Waals surface area contributed by atoms with Gasteiger partial charge in [-0.25, -0.2) is 0 Å². The second-order valence-electron chi connectivity index (χ2n) is 3.17. The van der Waals surface area contributed by atoms with Crippen molar-refractivity contribution < 1.29 is 0 Å². The Hall–Kier alpha value is -0.720. The highest BCUT2D eigenvalue weighted by atomic mass is 15.0. The maximum atomic E-state index is 3.17. The predicted molar refractivity (Wildman–Crippen MR) is 47.4 cm³/mol. The summed E-state index contributed by atoms with van der Waals surface area (Å²) in [5.41, 5.74) is 0. The van der Waals surface area contributed by atoms with E-state index in [1.54, 1.807) is 0 Å². The van der Waals surface area contributed by atoms with Gasteiger partial charge in [0.1, 0.15) is 0 Å². The third-order valence-corrected chi connectivity index (χ3v) is 2.47. The van der Waals surface area contributed by atoms with Crippen LogP contribution in [0.5, 0.6) is 0 Å². The molecule has 1 aromatic rings. The molecule has 0 aromatic carbocycles. The molecule has 61 valence electrons. The van der Waals surface area contributed by atoms with Crippen molar-refractivity contribution in [2.45, 2.75) is 33.2 Å². The van der Waals surface area contributed by atoms with Crippen LogP contribution in [0, 0.1) is 12.1 Å². The predicted octanol–water partition coefficient (Wildman–Crippen LogP) is 2.90. The number of hydrogen-bond acceptors (Lipinski definition) is 0. The summed E-state index contributed by atoms with van der Waals surface area (Å²) in [6.07, 6.45) is 6.48. The first kappa shape index (κ1) is 8.38. The van der Waals surface area contributed by atoms with Crippen LogP contribution in [0.4, 0.5) is 0 Å². The molecule has 0 N–H and O–H groups in total. The Morgan fingerprint density at radius 1 is 1.45 bits per heavy atom. The van der Waals surface area contributed by atoms with Gasteiger partial charge in [-0.2, -0.15) is 0 Å². The zero-order chi connectivity index (χ0) is 8.27. The Morgan fingerprint density at radius 2 is 2.18 bits per heavy atom. The van der Waals surface area contributed by atoms with Crippen LogP contribution in [-0.4, -0.2) is 4.57 Å². The average Bonchev–Trinajstić information content (AvgIpc) is 2.53. The van der Waals surface area contributed by atoms with E-state index >= 15 is 0 Å². The first-order valence-corrected chi connectivity index (χ1v) is 4.30. The molecule has 0 aliphatic rings. The van der Waals surface area contributed by atoms with Gasteiger partial charge >= 0.3 is 0 Å². The van der Waals surface area contributed by atoms with Gasteiger partial charge in [0.05, 0.1) is 6.20 Å². The SMILES string of the molecule is CCC(C)C(C)n1[c]ccc1. The van der Waals surface area contributed by atoms with Crippen molar-refractivity contribution >= 4 is 0 Å². The number of hydrogen-bond donors (Lipinski definition) is 0. The lowest BCUT2D eigenvalue weighted by Crippen LogP contribution is -2.11. The van der Waals surface area contributed by atoms with Crippen LogP contribution in [0.25, 0.3) is 0 Å². The molecule has 1 heterocycles. The lowest BCUT2D eigenvalue weighted by Gasteiger charge is -2.19. The highest BCUT2D eigenvalue weighted by Gasteiger charge is 2.09. The van der Waals surface area contributed by atoms with Crippen LogP contribution in [0.3, 0.4) is 0 Å². The maximum absolute atomic E-state index is 3.17. The summed E-state index contributed by atoms with van der Waals surface area (Å²) in [5.74, 6) is 0.735. The topological polar surface area (TPSA) is 4.93 Å². The molecule has 1 rings (SSSR count). The average molecular weight is 150 g/mol. The van der Waals surface area contributed by atoms with Crippen molar-refractivity contribution in [2.24, 2.45) is 5.92 Å². The number of aromatic nitrogens is 1. The van der Waals surface area contributed by atoms with Gasteiger partial charge < -0.3 is 4.57 Å². The molecule has 2 unspecified atom stereocenters. The van der Waals surface area contributed by atoms with Crippen molar-refractivity contribution in [1.29, 1.82) is 0 Å². The van der Waals surface area contributed by atoms with Crippen molar-refractivity contribution in [1.82, 2.24) is 4.57 Å². The van der Waals surface area contributed by atoms with E-state index in [0.717, 1.165) is 5.92 Å². The van der Waals surface area contributed by atoms with Gasteiger partial charge in [0.2, 0.25) is 0 Å². The van der Waals surface area contributed by atoms with Crippen LogP contribution in [0.15, 0.2) is 18.3 Å². The highest BCUT2D eigenvalue weighted by molar-refractivity contribution is 4.91.